The highest BCUT2D eigenvalue weighted by Gasteiger charge is 2.38. The maximum absolute atomic E-state index is 12.7. The lowest BCUT2D eigenvalue weighted by Gasteiger charge is -2.36. The van der Waals surface area contributed by atoms with E-state index in [1.807, 2.05) is 72.5 Å². The quantitative estimate of drug-likeness (QED) is 0.660. The lowest BCUT2D eigenvalue weighted by Crippen LogP contribution is -2.43. The molecule has 0 unspecified atom stereocenters. The molecule has 2 aromatic carbocycles. The van der Waals surface area contributed by atoms with Gasteiger partial charge in [0.25, 0.3) is 5.91 Å². The summed E-state index contributed by atoms with van der Waals surface area (Å²) in [5.41, 5.74) is 0.568. The first-order valence-electron chi connectivity index (χ1n) is 10.3. The predicted octanol–water partition coefficient (Wildman–Crippen LogP) is 3.45. The second kappa shape index (κ2) is 8.63. The largest absolute Gasteiger partial charge is 0.378 e. The molecule has 1 amide bonds. The monoisotopic (exact) mass is 402 g/mol. The van der Waals surface area contributed by atoms with E-state index >= 15 is 0 Å². The van der Waals surface area contributed by atoms with E-state index < -0.39 is 11.6 Å². The molecule has 0 bridgehead atoms. The molecule has 1 aliphatic heterocycles. The van der Waals surface area contributed by atoms with Gasteiger partial charge in [-0.3, -0.25) is 9.78 Å². The maximum Gasteiger partial charge on any atom is 0.274 e. The zero-order valence-corrected chi connectivity index (χ0v) is 17.0. The summed E-state index contributed by atoms with van der Waals surface area (Å²) in [6.45, 7) is 3.42. The van der Waals surface area contributed by atoms with Crippen molar-refractivity contribution in [1.82, 2.24) is 14.9 Å². The van der Waals surface area contributed by atoms with E-state index in [4.69, 9.17) is 0 Å². The molecule has 1 atom stereocenters. The van der Waals surface area contributed by atoms with Crippen molar-refractivity contribution >= 4 is 11.7 Å². The summed E-state index contributed by atoms with van der Waals surface area (Å²) in [6, 6.07) is 18.7. The van der Waals surface area contributed by atoms with Crippen LogP contribution in [0, 0.1) is 0 Å². The number of anilines is 1. The first-order valence-corrected chi connectivity index (χ1v) is 10.3. The first-order chi connectivity index (χ1) is 14.6. The van der Waals surface area contributed by atoms with Crippen LogP contribution in [0.3, 0.4) is 0 Å². The fourth-order valence-electron chi connectivity index (χ4n) is 4.00. The smallest absolute Gasteiger partial charge is 0.274 e. The van der Waals surface area contributed by atoms with Crippen molar-refractivity contribution in [2.45, 2.75) is 31.4 Å². The van der Waals surface area contributed by atoms with Gasteiger partial charge in [0.05, 0.1) is 18.4 Å². The number of nitrogens with zero attached hydrogens (tertiary/aromatic N) is 3. The van der Waals surface area contributed by atoms with Gasteiger partial charge in [0, 0.05) is 13.1 Å². The number of hydrogen-bond donors (Lipinski definition) is 2. The lowest BCUT2D eigenvalue weighted by atomic mass is 9.81. The van der Waals surface area contributed by atoms with Crippen LogP contribution in [0.1, 0.15) is 41.4 Å². The number of rotatable bonds is 6. The Hall–Kier alpha value is -3.25. The predicted molar refractivity (Wildman–Crippen MR) is 116 cm³/mol. The molecule has 1 saturated heterocycles. The van der Waals surface area contributed by atoms with Crippen molar-refractivity contribution in [2.75, 3.05) is 18.4 Å². The molecule has 1 aromatic heterocycles. The fraction of sp³-hybridized carbons (Fsp3) is 0.292. The number of carbonyl (C=O) groups is 1. The summed E-state index contributed by atoms with van der Waals surface area (Å²) in [5, 5.41) is 15.1. The zero-order chi connectivity index (χ0) is 21.0. The molecule has 1 aliphatic rings. The Morgan fingerprint density at radius 3 is 2.13 bits per heavy atom. The van der Waals surface area contributed by atoms with Gasteiger partial charge < -0.3 is 15.3 Å². The highest BCUT2D eigenvalue weighted by molar-refractivity contribution is 5.92. The molecule has 154 valence electrons. The number of nitrogens with one attached hydrogen (secondary N) is 1. The van der Waals surface area contributed by atoms with Gasteiger partial charge in [0.1, 0.15) is 17.1 Å². The van der Waals surface area contributed by atoms with Crippen LogP contribution in [0.25, 0.3) is 0 Å². The third-order valence-corrected chi connectivity index (χ3v) is 5.67. The number of likely N-dealkylation sites (tertiary alicyclic amines) is 1. The van der Waals surface area contributed by atoms with Crippen LogP contribution in [0.4, 0.5) is 5.82 Å². The topological polar surface area (TPSA) is 78.4 Å². The van der Waals surface area contributed by atoms with E-state index in [2.05, 4.69) is 15.3 Å². The van der Waals surface area contributed by atoms with Crippen molar-refractivity contribution in [3.05, 3.63) is 89.9 Å². The number of hydrogen-bond acceptors (Lipinski definition) is 5. The number of benzene rings is 2. The number of carbonyl (C=O) groups excluding carboxylic acids is 1. The van der Waals surface area contributed by atoms with E-state index in [1.54, 1.807) is 6.20 Å². The van der Waals surface area contributed by atoms with Gasteiger partial charge in [-0.1, -0.05) is 60.7 Å². The Labute approximate surface area is 176 Å². The van der Waals surface area contributed by atoms with Crippen molar-refractivity contribution in [2.24, 2.45) is 0 Å². The lowest BCUT2D eigenvalue weighted by molar-refractivity contribution is 0.0646. The molecule has 2 N–H and O–H groups in total. The van der Waals surface area contributed by atoms with Gasteiger partial charge in [-0.15, -0.1) is 0 Å². The van der Waals surface area contributed by atoms with Gasteiger partial charge in [-0.2, -0.15) is 0 Å². The van der Waals surface area contributed by atoms with E-state index in [9.17, 15) is 9.90 Å². The molecular weight excluding hydrogens is 376 g/mol. The summed E-state index contributed by atoms with van der Waals surface area (Å²) in [7, 11) is 0. The van der Waals surface area contributed by atoms with Crippen LogP contribution < -0.4 is 5.32 Å². The number of aliphatic hydroxyl groups is 1. The van der Waals surface area contributed by atoms with Crippen molar-refractivity contribution < 1.29 is 9.90 Å². The van der Waals surface area contributed by atoms with E-state index in [-0.39, 0.29) is 5.91 Å². The summed E-state index contributed by atoms with van der Waals surface area (Å²) in [4.78, 5) is 23.2. The Morgan fingerprint density at radius 1 is 1.00 bits per heavy atom. The van der Waals surface area contributed by atoms with Crippen LogP contribution >= 0.6 is 0 Å². The Morgan fingerprint density at radius 2 is 1.57 bits per heavy atom. The molecule has 1 fully saturated rings. The SMILES string of the molecule is C[C@@H](Nc1cncc(C(=O)N2CCCC2)n1)C(O)(c1ccccc1)c1ccccc1. The molecular formula is C24H26N4O2. The Balaban J connectivity index is 1.63. The number of aromatic nitrogens is 2. The van der Waals surface area contributed by atoms with Gasteiger partial charge in [0.2, 0.25) is 0 Å². The van der Waals surface area contributed by atoms with Crippen molar-refractivity contribution in [1.29, 1.82) is 0 Å². The van der Waals surface area contributed by atoms with Crippen LogP contribution in [-0.4, -0.2) is 45.0 Å². The minimum Gasteiger partial charge on any atom is -0.378 e. The summed E-state index contributed by atoms with van der Waals surface area (Å²) < 4.78 is 0. The normalized spacial score (nSPS) is 15.1. The molecule has 6 heteroatoms. The van der Waals surface area contributed by atoms with Crippen LogP contribution in [0.15, 0.2) is 73.1 Å². The molecule has 0 radical (unpaired) electrons. The average molecular weight is 402 g/mol. The van der Waals surface area contributed by atoms with Crippen molar-refractivity contribution in [3.8, 4) is 0 Å². The molecule has 6 nitrogen and oxygen atoms in total. The molecule has 4 rings (SSSR count). The van der Waals surface area contributed by atoms with Crippen LogP contribution in [0.5, 0.6) is 0 Å². The van der Waals surface area contributed by atoms with Gasteiger partial charge in [0.15, 0.2) is 0 Å². The van der Waals surface area contributed by atoms with Gasteiger partial charge >= 0.3 is 0 Å². The highest BCUT2D eigenvalue weighted by Crippen LogP contribution is 2.34. The van der Waals surface area contributed by atoms with E-state index in [0.717, 1.165) is 37.1 Å². The summed E-state index contributed by atoms with van der Waals surface area (Å²) in [6.07, 6.45) is 5.12. The fourth-order valence-corrected chi connectivity index (χ4v) is 4.00. The average Bonchev–Trinajstić information content (AvgIpc) is 3.34. The molecule has 0 aliphatic carbocycles. The Kier molecular flexibility index (Phi) is 5.77. The van der Waals surface area contributed by atoms with Crippen molar-refractivity contribution in [3.63, 3.8) is 0 Å². The van der Waals surface area contributed by atoms with Crippen LogP contribution in [0.2, 0.25) is 0 Å². The standard InChI is InChI=1S/C24H26N4O2/c1-18(24(30,19-10-4-2-5-11-19)20-12-6-3-7-13-20)26-22-17-25-16-21(27-22)23(29)28-14-8-9-15-28/h2-7,10-13,16-18,30H,8-9,14-15H2,1H3,(H,26,27)/t18-/m1/s1. The van der Waals surface area contributed by atoms with E-state index in [0.29, 0.717) is 11.5 Å². The number of amides is 1. The summed E-state index contributed by atoms with van der Waals surface area (Å²) in [5.74, 6) is 0.357. The van der Waals surface area contributed by atoms with Gasteiger partial charge in [-0.05, 0) is 30.9 Å². The summed E-state index contributed by atoms with van der Waals surface area (Å²) >= 11 is 0. The second-order valence-electron chi connectivity index (χ2n) is 7.65. The highest BCUT2D eigenvalue weighted by atomic mass is 16.3. The zero-order valence-electron chi connectivity index (χ0n) is 17.0. The third kappa shape index (κ3) is 3.91. The first kappa shape index (κ1) is 20.0. The minimum absolute atomic E-state index is 0.0994. The third-order valence-electron chi connectivity index (χ3n) is 5.67. The van der Waals surface area contributed by atoms with Crippen LogP contribution in [-0.2, 0) is 5.60 Å². The Bertz CT molecular complexity index is 949. The second-order valence-corrected chi connectivity index (χ2v) is 7.65. The van der Waals surface area contributed by atoms with E-state index in [1.165, 1.54) is 6.20 Å². The molecule has 0 spiro atoms. The minimum atomic E-state index is -1.29. The molecule has 30 heavy (non-hydrogen) atoms. The molecule has 3 aromatic rings. The van der Waals surface area contributed by atoms with Gasteiger partial charge in [-0.25, -0.2) is 4.98 Å². The maximum atomic E-state index is 12.7. The molecule has 0 saturated carbocycles. The molecule has 2 heterocycles.